The van der Waals surface area contributed by atoms with Gasteiger partial charge in [-0.1, -0.05) is 0 Å². The number of halogens is 1. The molecule has 1 aromatic carbocycles. The van der Waals surface area contributed by atoms with E-state index in [9.17, 15) is 17.6 Å². The van der Waals surface area contributed by atoms with Crippen LogP contribution < -0.4 is 5.32 Å². The Morgan fingerprint density at radius 1 is 1.34 bits per heavy atom. The van der Waals surface area contributed by atoms with Crippen molar-refractivity contribution < 1.29 is 22.3 Å². The van der Waals surface area contributed by atoms with Gasteiger partial charge >= 0.3 is 0 Å². The van der Waals surface area contributed by atoms with E-state index in [2.05, 4.69) is 10.4 Å². The first-order chi connectivity index (χ1) is 15.2. The first-order valence-corrected chi connectivity index (χ1v) is 12.2. The Bertz CT molecular complexity index is 1270. The van der Waals surface area contributed by atoms with Gasteiger partial charge in [0.2, 0.25) is 0 Å². The lowest BCUT2D eigenvalue weighted by Gasteiger charge is -2.15. The van der Waals surface area contributed by atoms with E-state index in [0.717, 1.165) is 0 Å². The van der Waals surface area contributed by atoms with Gasteiger partial charge in [-0.25, -0.2) is 22.5 Å². The van der Waals surface area contributed by atoms with E-state index >= 15 is 0 Å². The van der Waals surface area contributed by atoms with E-state index in [0.29, 0.717) is 46.6 Å². The summed E-state index contributed by atoms with van der Waals surface area (Å²) in [7, 11) is -1.58. The van der Waals surface area contributed by atoms with Gasteiger partial charge in [-0.15, -0.1) is 0 Å². The molecule has 2 aromatic heterocycles. The van der Waals surface area contributed by atoms with Gasteiger partial charge in [0.15, 0.2) is 15.5 Å². The zero-order valence-corrected chi connectivity index (χ0v) is 18.9. The van der Waals surface area contributed by atoms with Crippen LogP contribution in [0.4, 0.5) is 4.39 Å². The highest BCUT2D eigenvalue weighted by molar-refractivity contribution is 7.91. The van der Waals surface area contributed by atoms with Gasteiger partial charge < -0.3 is 10.1 Å². The summed E-state index contributed by atoms with van der Waals surface area (Å²) in [5.41, 5.74) is 2.52. The van der Waals surface area contributed by atoms with Crippen molar-refractivity contribution >= 4 is 26.8 Å². The highest BCUT2D eigenvalue weighted by atomic mass is 32.2. The van der Waals surface area contributed by atoms with Gasteiger partial charge in [-0.2, -0.15) is 5.10 Å². The van der Waals surface area contributed by atoms with Crippen molar-refractivity contribution in [1.82, 2.24) is 20.1 Å². The van der Waals surface area contributed by atoms with Gasteiger partial charge in [-0.3, -0.25) is 4.79 Å². The molecule has 1 amide bonds. The van der Waals surface area contributed by atoms with E-state index in [4.69, 9.17) is 9.72 Å². The topological polar surface area (TPSA) is 103 Å². The molecule has 1 fully saturated rings. The number of methoxy groups -OCH3 is 1. The van der Waals surface area contributed by atoms with E-state index in [1.54, 1.807) is 36.9 Å². The number of nitrogens with one attached hydrogen (secondary N) is 1. The maximum Gasteiger partial charge on any atom is 0.252 e. The van der Waals surface area contributed by atoms with Crippen molar-refractivity contribution in [3.63, 3.8) is 0 Å². The Morgan fingerprint density at radius 2 is 2.06 bits per heavy atom. The number of carbonyl (C=O) groups excluding carboxylic acids is 1. The van der Waals surface area contributed by atoms with Crippen LogP contribution in [0.1, 0.15) is 35.4 Å². The molecule has 0 aliphatic carbocycles. The van der Waals surface area contributed by atoms with Crippen LogP contribution in [-0.4, -0.2) is 60.4 Å². The number of carbonyl (C=O) groups is 1. The number of aryl methyl sites for hydroxylation is 1. The molecule has 8 nitrogen and oxygen atoms in total. The molecule has 2 atom stereocenters. The lowest BCUT2D eigenvalue weighted by Crippen LogP contribution is -2.35. The Hall–Kier alpha value is -2.85. The molecule has 0 unspecified atom stereocenters. The lowest BCUT2D eigenvalue weighted by molar-refractivity contribution is 0.0907. The second-order valence-corrected chi connectivity index (χ2v) is 10.4. The van der Waals surface area contributed by atoms with E-state index in [1.807, 2.05) is 6.92 Å². The molecule has 1 aliphatic heterocycles. The number of hydrogen-bond donors (Lipinski definition) is 1. The third kappa shape index (κ3) is 4.37. The monoisotopic (exact) mass is 460 g/mol. The fraction of sp³-hybridized carbons (Fsp3) is 0.409. The molecular formula is C22H25FN4O4S. The van der Waals surface area contributed by atoms with E-state index < -0.39 is 9.84 Å². The molecule has 0 bridgehead atoms. The van der Waals surface area contributed by atoms with Crippen molar-refractivity contribution in [3.05, 3.63) is 47.4 Å². The number of amides is 1. The highest BCUT2D eigenvalue weighted by Gasteiger charge is 2.32. The number of sulfone groups is 1. The molecule has 1 aliphatic rings. The Morgan fingerprint density at radius 3 is 2.69 bits per heavy atom. The smallest absolute Gasteiger partial charge is 0.252 e. The second kappa shape index (κ2) is 8.59. The van der Waals surface area contributed by atoms with Crippen molar-refractivity contribution in [3.8, 4) is 11.3 Å². The van der Waals surface area contributed by atoms with E-state index in [-0.39, 0.29) is 35.3 Å². The molecule has 3 heterocycles. The summed E-state index contributed by atoms with van der Waals surface area (Å²) < 4.78 is 44.3. The van der Waals surface area contributed by atoms with Crippen LogP contribution in [-0.2, 0) is 14.6 Å². The number of ether oxygens (including phenoxy) is 1. The molecule has 4 rings (SSSR count). The predicted molar refractivity (Wildman–Crippen MR) is 119 cm³/mol. The number of benzene rings is 1. The average molecular weight is 461 g/mol. The normalized spacial score (nSPS) is 18.7. The molecular weight excluding hydrogens is 435 g/mol. The molecule has 3 aromatic rings. The summed E-state index contributed by atoms with van der Waals surface area (Å²) in [6.07, 6.45) is 0.438. The number of pyridine rings is 1. The van der Waals surface area contributed by atoms with Crippen molar-refractivity contribution in [2.24, 2.45) is 0 Å². The summed E-state index contributed by atoms with van der Waals surface area (Å²) in [4.78, 5) is 17.9. The predicted octanol–water partition coefficient (Wildman–Crippen LogP) is 2.67. The average Bonchev–Trinajstić information content (AvgIpc) is 3.27. The Kier molecular flexibility index (Phi) is 6.00. The van der Waals surface area contributed by atoms with Crippen LogP contribution in [0.5, 0.6) is 0 Å². The molecule has 1 N–H and O–H groups in total. The van der Waals surface area contributed by atoms with Gasteiger partial charge in [-0.05, 0) is 50.6 Å². The maximum atomic E-state index is 13.5. The largest absolute Gasteiger partial charge is 0.383 e. The maximum absolute atomic E-state index is 13.5. The summed E-state index contributed by atoms with van der Waals surface area (Å²) >= 11 is 0. The van der Waals surface area contributed by atoms with Gasteiger partial charge in [0.05, 0.1) is 46.5 Å². The summed E-state index contributed by atoms with van der Waals surface area (Å²) in [6, 6.07) is 6.92. The third-order valence-corrected chi connectivity index (χ3v) is 7.32. The standard InChI is InChI=1S/C22H25FN4O4S/c1-13(11-31-3)24-22(28)18-10-19(15-4-6-16(23)7-5-15)25-21-20(18)14(2)26-27(21)17-8-9-32(29,30)12-17/h4-7,10,13,17H,8-9,11-12H2,1-3H3,(H,24,28)/t13-,17-/m0/s1. The first kappa shape index (κ1) is 22.3. The highest BCUT2D eigenvalue weighted by Crippen LogP contribution is 2.32. The van der Waals surface area contributed by atoms with Gasteiger partial charge in [0, 0.05) is 18.7 Å². The van der Waals surface area contributed by atoms with Crippen LogP contribution in [0.25, 0.3) is 22.3 Å². The minimum atomic E-state index is -3.14. The zero-order chi connectivity index (χ0) is 23.0. The summed E-state index contributed by atoms with van der Waals surface area (Å²) in [6.45, 7) is 3.96. The number of hydrogen-bond acceptors (Lipinski definition) is 6. The van der Waals surface area contributed by atoms with Crippen LogP contribution in [0.15, 0.2) is 30.3 Å². The number of aromatic nitrogens is 3. The Labute approximate surface area is 185 Å². The minimum Gasteiger partial charge on any atom is -0.383 e. The SMILES string of the molecule is COC[C@H](C)NC(=O)c1cc(-c2ccc(F)cc2)nc2c1c(C)nn2[C@H]1CCS(=O)(=O)C1. The Balaban J connectivity index is 1.88. The van der Waals surface area contributed by atoms with Crippen molar-refractivity contribution in [2.75, 3.05) is 25.2 Å². The molecule has 0 saturated carbocycles. The molecule has 32 heavy (non-hydrogen) atoms. The van der Waals surface area contributed by atoms with Crippen LogP contribution >= 0.6 is 0 Å². The fourth-order valence-electron chi connectivity index (χ4n) is 4.08. The molecule has 170 valence electrons. The molecule has 1 saturated heterocycles. The second-order valence-electron chi connectivity index (χ2n) is 8.18. The first-order valence-electron chi connectivity index (χ1n) is 10.3. The zero-order valence-electron chi connectivity index (χ0n) is 18.1. The van der Waals surface area contributed by atoms with Crippen LogP contribution in [0.3, 0.4) is 0 Å². The third-order valence-electron chi connectivity index (χ3n) is 5.57. The number of rotatable bonds is 6. The fourth-order valence-corrected chi connectivity index (χ4v) is 5.77. The van der Waals surface area contributed by atoms with Crippen molar-refractivity contribution in [2.45, 2.75) is 32.4 Å². The molecule has 0 radical (unpaired) electrons. The quantitative estimate of drug-likeness (QED) is 0.607. The number of fused-ring (bicyclic) bond motifs is 1. The van der Waals surface area contributed by atoms with Gasteiger partial charge in [0.1, 0.15) is 5.82 Å². The molecule has 0 spiro atoms. The van der Waals surface area contributed by atoms with Crippen LogP contribution in [0.2, 0.25) is 0 Å². The van der Waals surface area contributed by atoms with Crippen molar-refractivity contribution in [1.29, 1.82) is 0 Å². The summed E-state index contributed by atoms with van der Waals surface area (Å²) in [5.74, 6) is -0.611. The van der Waals surface area contributed by atoms with Crippen LogP contribution in [0, 0.1) is 12.7 Å². The summed E-state index contributed by atoms with van der Waals surface area (Å²) in [5, 5.41) is 8.05. The van der Waals surface area contributed by atoms with Gasteiger partial charge in [0.25, 0.3) is 5.91 Å². The minimum absolute atomic E-state index is 0.0158. The lowest BCUT2D eigenvalue weighted by atomic mass is 10.0. The van der Waals surface area contributed by atoms with E-state index in [1.165, 1.54) is 12.1 Å². The number of nitrogens with zero attached hydrogens (tertiary/aromatic N) is 3. The molecule has 10 heteroatoms.